The lowest BCUT2D eigenvalue weighted by atomic mass is 10.1. The number of ether oxygens (including phenoxy) is 2. The van der Waals surface area contributed by atoms with Crippen LogP contribution in [-0.2, 0) is 4.79 Å². The molecule has 0 aliphatic rings. The van der Waals surface area contributed by atoms with Gasteiger partial charge in [-0.25, -0.2) is 9.18 Å². The van der Waals surface area contributed by atoms with Crippen LogP contribution in [0, 0.1) is 12.7 Å². The van der Waals surface area contributed by atoms with Gasteiger partial charge in [0.05, 0.1) is 6.61 Å². The molecule has 0 atom stereocenters. The number of benzene rings is 2. The molecule has 0 radical (unpaired) electrons. The van der Waals surface area contributed by atoms with E-state index in [1.807, 2.05) is 6.92 Å². The number of rotatable bonds is 8. The molecule has 0 saturated carbocycles. The largest absolute Gasteiger partial charge is 0.490 e. The van der Waals surface area contributed by atoms with Crippen LogP contribution in [0.2, 0.25) is 0 Å². The first-order valence-electron chi connectivity index (χ1n) is 8.84. The van der Waals surface area contributed by atoms with Crippen molar-refractivity contribution < 1.29 is 23.1 Å². The summed E-state index contributed by atoms with van der Waals surface area (Å²) in [7, 11) is 0. The van der Waals surface area contributed by atoms with Gasteiger partial charge in [0.15, 0.2) is 18.2 Å². The number of hydrogen-bond acceptors (Lipinski definition) is 5. The minimum Gasteiger partial charge on any atom is -0.490 e. The van der Waals surface area contributed by atoms with Gasteiger partial charge < -0.3 is 19.2 Å². The summed E-state index contributed by atoms with van der Waals surface area (Å²) in [5.74, 6) is -0.0901. The highest BCUT2D eigenvalue weighted by atomic mass is 19.1. The Labute approximate surface area is 160 Å². The van der Waals surface area contributed by atoms with Crippen molar-refractivity contribution in [3.05, 3.63) is 70.3 Å². The fourth-order valence-corrected chi connectivity index (χ4v) is 2.64. The Morgan fingerprint density at radius 2 is 1.96 bits per heavy atom. The molecule has 3 rings (SSSR count). The topological polar surface area (TPSA) is 77.8 Å². The first-order chi connectivity index (χ1) is 13.5. The summed E-state index contributed by atoms with van der Waals surface area (Å²) in [4.78, 5) is 23.3. The molecule has 0 fully saturated rings. The molecule has 1 N–H and O–H groups in total. The second-order valence-corrected chi connectivity index (χ2v) is 6.18. The van der Waals surface area contributed by atoms with Gasteiger partial charge in [-0.2, -0.15) is 0 Å². The predicted octanol–water partition coefficient (Wildman–Crippen LogP) is 3.20. The molecule has 146 valence electrons. The van der Waals surface area contributed by atoms with Crippen molar-refractivity contribution in [1.29, 1.82) is 0 Å². The summed E-state index contributed by atoms with van der Waals surface area (Å²) >= 11 is 0. The maximum Gasteiger partial charge on any atom is 0.336 e. The number of para-hydroxylation sites is 1. The first-order valence-corrected chi connectivity index (χ1v) is 8.84. The summed E-state index contributed by atoms with van der Waals surface area (Å²) in [6, 6.07) is 12.7. The van der Waals surface area contributed by atoms with Crippen molar-refractivity contribution in [3.63, 3.8) is 0 Å². The Morgan fingerprint density at radius 1 is 1.14 bits per heavy atom. The predicted molar refractivity (Wildman–Crippen MR) is 102 cm³/mol. The number of amides is 1. The molecule has 7 heteroatoms. The molecule has 0 aliphatic heterocycles. The van der Waals surface area contributed by atoms with Gasteiger partial charge in [-0.05, 0) is 43.2 Å². The van der Waals surface area contributed by atoms with Crippen molar-refractivity contribution in [2.75, 3.05) is 19.8 Å². The number of carbonyl (C=O) groups is 1. The zero-order valence-electron chi connectivity index (χ0n) is 15.4. The van der Waals surface area contributed by atoms with Crippen LogP contribution in [0.25, 0.3) is 11.0 Å². The van der Waals surface area contributed by atoms with Gasteiger partial charge in [-0.3, -0.25) is 4.79 Å². The van der Waals surface area contributed by atoms with Gasteiger partial charge in [0.1, 0.15) is 11.3 Å². The van der Waals surface area contributed by atoms with Gasteiger partial charge >= 0.3 is 5.63 Å². The van der Waals surface area contributed by atoms with Crippen molar-refractivity contribution in [3.8, 4) is 11.5 Å². The normalized spacial score (nSPS) is 10.6. The molecule has 0 spiro atoms. The van der Waals surface area contributed by atoms with E-state index in [2.05, 4.69) is 5.32 Å². The lowest BCUT2D eigenvalue weighted by Gasteiger charge is -2.09. The molecule has 6 nitrogen and oxygen atoms in total. The van der Waals surface area contributed by atoms with Crippen molar-refractivity contribution in [2.45, 2.75) is 13.3 Å². The summed E-state index contributed by atoms with van der Waals surface area (Å²) in [5.41, 5.74) is 0.791. The van der Waals surface area contributed by atoms with Crippen LogP contribution in [0.4, 0.5) is 4.39 Å². The molecule has 0 saturated heterocycles. The molecule has 1 heterocycles. The lowest BCUT2D eigenvalue weighted by molar-refractivity contribution is -0.123. The summed E-state index contributed by atoms with van der Waals surface area (Å²) in [6.07, 6.45) is 0.528. The Kier molecular flexibility index (Phi) is 6.26. The van der Waals surface area contributed by atoms with Crippen LogP contribution in [0.1, 0.15) is 12.0 Å². The minimum atomic E-state index is -0.433. The maximum atomic E-state index is 13.4. The SMILES string of the molecule is Cc1cc(=O)oc2cc(OCC(=O)NCCCOc3ccccc3F)ccc12. The third kappa shape index (κ3) is 5.09. The summed E-state index contributed by atoms with van der Waals surface area (Å²) < 4.78 is 29.3. The van der Waals surface area contributed by atoms with Crippen molar-refractivity contribution in [1.82, 2.24) is 5.32 Å². The summed E-state index contributed by atoms with van der Waals surface area (Å²) in [6.45, 7) is 2.31. The average molecular weight is 385 g/mol. The van der Waals surface area contributed by atoms with Gasteiger partial charge in [0.2, 0.25) is 0 Å². The quantitative estimate of drug-likeness (QED) is 0.476. The van der Waals surface area contributed by atoms with Crippen LogP contribution in [0.3, 0.4) is 0 Å². The number of hydrogen-bond donors (Lipinski definition) is 1. The highest BCUT2D eigenvalue weighted by Crippen LogP contribution is 2.22. The van der Waals surface area contributed by atoms with Crippen molar-refractivity contribution >= 4 is 16.9 Å². The van der Waals surface area contributed by atoms with Crippen LogP contribution >= 0.6 is 0 Å². The standard InChI is InChI=1S/C21H20FNO5/c1-14-11-21(25)28-19-12-15(7-8-16(14)19)27-13-20(24)23-9-4-10-26-18-6-3-2-5-17(18)22/h2-3,5-8,11-12H,4,9-10,13H2,1H3,(H,23,24). The molecule has 1 aromatic heterocycles. The average Bonchev–Trinajstić information content (AvgIpc) is 2.67. The van der Waals surface area contributed by atoms with Gasteiger partial charge in [0, 0.05) is 24.1 Å². The van der Waals surface area contributed by atoms with E-state index >= 15 is 0 Å². The maximum absolute atomic E-state index is 13.4. The van der Waals surface area contributed by atoms with E-state index in [0.717, 1.165) is 10.9 Å². The minimum absolute atomic E-state index is 0.171. The smallest absolute Gasteiger partial charge is 0.336 e. The molecule has 3 aromatic rings. The fraction of sp³-hybridized carbons (Fsp3) is 0.238. The Morgan fingerprint density at radius 3 is 2.79 bits per heavy atom. The van der Waals surface area contributed by atoms with Crippen LogP contribution < -0.4 is 20.4 Å². The van der Waals surface area contributed by atoms with Crippen molar-refractivity contribution in [2.24, 2.45) is 0 Å². The monoisotopic (exact) mass is 385 g/mol. The summed E-state index contributed by atoms with van der Waals surface area (Å²) in [5, 5.41) is 3.51. The zero-order chi connectivity index (χ0) is 19.9. The third-order valence-electron chi connectivity index (χ3n) is 4.03. The molecule has 0 aliphatic carbocycles. The number of halogens is 1. The molecular weight excluding hydrogens is 365 g/mol. The van der Waals surface area contributed by atoms with Gasteiger partial charge in [-0.1, -0.05) is 12.1 Å². The number of aryl methyl sites for hydroxylation is 1. The Balaban J connectivity index is 1.41. The molecule has 28 heavy (non-hydrogen) atoms. The fourth-order valence-electron chi connectivity index (χ4n) is 2.64. The number of nitrogens with one attached hydrogen (secondary N) is 1. The highest BCUT2D eigenvalue weighted by molar-refractivity contribution is 5.81. The number of fused-ring (bicyclic) bond motifs is 1. The zero-order valence-corrected chi connectivity index (χ0v) is 15.4. The van der Waals surface area contributed by atoms with Crippen LogP contribution in [0.15, 0.2) is 57.7 Å². The molecule has 0 bridgehead atoms. The van der Waals surface area contributed by atoms with Crippen LogP contribution in [-0.4, -0.2) is 25.7 Å². The van der Waals surface area contributed by atoms with Gasteiger partial charge in [-0.15, -0.1) is 0 Å². The molecular formula is C21H20FNO5. The Bertz CT molecular complexity index is 1030. The molecule has 2 aromatic carbocycles. The van der Waals surface area contributed by atoms with E-state index in [0.29, 0.717) is 24.3 Å². The van der Waals surface area contributed by atoms with Crippen LogP contribution in [0.5, 0.6) is 11.5 Å². The molecule has 1 amide bonds. The van der Waals surface area contributed by atoms with E-state index in [1.54, 1.807) is 36.4 Å². The van der Waals surface area contributed by atoms with E-state index in [9.17, 15) is 14.0 Å². The third-order valence-corrected chi connectivity index (χ3v) is 4.03. The lowest BCUT2D eigenvalue weighted by Crippen LogP contribution is -2.30. The highest BCUT2D eigenvalue weighted by Gasteiger charge is 2.07. The van der Waals surface area contributed by atoms with E-state index in [-0.39, 0.29) is 24.9 Å². The van der Waals surface area contributed by atoms with Gasteiger partial charge in [0.25, 0.3) is 5.91 Å². The number of carbonyl (C=O) groups excluding carboxylic acids is 1. The second kappa shape index (κ2) is 9.03. The van der Waals surface area contributed by atoms with E-state index in [1.165, 1.54) is 12.1 Å². The van der Waals surface area contributed by atoms with E-state index in [4.69, 9.17) is 13.9 Å². The molecule has 0 unspecified atom stereocenters. The van der Waals surface area contributed by atoms with E-state index < -0.39 is 11.4 Å². The Hall–Kier alpha value is -3.35. The first kappa shape index (κ1) is 19.4. The second-order valence-electron chi connectivity index (χ2n) is 6.18.